The van der Waals surface area contributed by atoms with E-state index < -0.39 is 0 Å². The zero-order valence-corrected chi connectivity index (χ0v) is 10.9. The molecule has 0 unspecified atom stereocenters. The molecule has 2 heterocycles. The van der Waals surface area contributed by atoms with Crippen LogP contribution in [-0.4, -0.2) is 9.97 Å². The third-order valence-corrected chi connectivity index (χ3v) is 3.88. The van der Waals surface area contributed by atoms with Crippen molar-refractivity contribution in [3.8, 4) is 0 Å². The maximum atomic E-state index is 11.8. The summed E-state index contributed by atoms with van der Waals surface area (Å²) in [5.41, 5.74) is 2.40. The third kappa shape index (κ3) is 2.23. The second-order valence-electron chi connectivity index (χ2n) is 3.97. The number of benzene rings is 1. The summed E-state index contributed by atoms with van der Waals surface area (Å²) >= 11 is 7.60. The topological polar surface area (TPSA) is 57.8 Å². The zero-order chi connectivity index (χ0) is 12.5. The van der Waals surface area contributed by atoms with E-state index in [2.05, 4.69) is 15.3 Å². The highest BCUT2D eigenvalue weighted by Gasteiger charge is 2.17. The second-order valence-corrected chi connectivity index (χ2v) is 5.39. The summed E-state index contributed by atoms with van der Waals surface area (Å²) in [7, 11) is 0. The average molecular weight is 280 g/mol. The summed E-state index contributed by atoms with van der Waals surface area (Å²) in [6, 6.07) is 7.28. The van der Waals surface area contributed by atoms with Crippen LogP contribution in [0.5, 0.6) is 0 Å². The molecule has 0 amide bonds. The Morgan fingerprint density at radius 1 is 1.39 bits per heavy atom. The molecule has 6 heteroatoms. The van der Waals surface area contributed by atoms with Gasteiger partial charge in [0.25, 0.3) is 5.56 Å². The molecule has 0 spiro atoms. The van der Waals surface area contributed by atoms with E-state index in [1.54, 1.807) is 23.9 Å². The predicted octanol–water partition coefficient (Wildman–Crippen LogP) is 2.91. The first-order chi connectivity index (χ1) is 8.72. The number of nitrogens with zero attached hydrogens (tertiary/aromatic N) is 1. The Bertz CT molecular complexity index is 656. The number of nitrogens with one attached hydrogen (secondary N) is 2. The summed E-state index contributed by atoms with van der Waals surface area (Å²) in [6.07, 6.45) is 0. The van der Waals surface area contributed by atoms with Crippen LogP contribution in [0.1, 0.15) is 11.3 Å². The summed E-state index contributed by atoms with van der Waals surface area (Å²) < 4.78 is 0. The van der Waals surface area contributed by atoms with Crippen molar-refractivity contribution < 1.29 is 0 Å². The van der Waals surface area contributed by atoms with Gasteiger partial charge in [0.2, 0.25) is 5.95 Å². The van der Waals surface area contributed by atoms with E-state index in [4.69, 9.17) is 11.6 Å². The minimum Gasteiger partial charge on any atom is -0.326 e. The van der Waals surface area contributed by atoms with Crippen LogP contribution in [0.4, 0.5) is 11.6 Å². The van der Waals surface area contributed by atoms with Crippen molar-refractivity contribution in [3.63, 3.8) is 0 Å². The number of thioether (sulfide) groups is 1. The number of rotatable bonds is 2. The molecule has 0 atom stereocenters. The molecule has 0 radical (unpaired) electrons. The summed E-state index contributed by atoms with van der Waals surface area (Å²) in [5, 5.41) is 3.69. The predicted molar refractivity (Wildman–Crippen MR) is 74.6 cm³/mol. The van der Waals surface area contributed by atoms with Crippen molar-refractivity contribution in [2.45, 2.75) is 11.5 Å². The number of aromatic nitrogens is 2. The molecule has 0 aliphatic carbocycles. The summed E-state index contributed by atoms with van der Waals surface area (Å²) in [5.74, 6) is 2.00. The fourth-order valence-electron chi connectivity index (χ4n) is 1.82. The normalized spacial score (nSPS) is 13.4. The molecule has 18 heavy (non-hydrogen) atoms. The molecule has 92 valence electrons. The fourth-order valence-corrected chi connectivity index (χ4v) is 3.05. The van der Waals surface area contributed by atoms with Crippen molar-refractivity contribution in [1.82, 2.24) is 9.97 Å². The first-order valence-electron chi connectivity index (χ1n) is 5.45. The molecule has 1 aliphatic rings. The van der Waals surface area contributed by atoms with Crippen LogP contribution >= 0.6 is 23.4 Å². The first kappa shape index (κ1) is 11.6. The molecule has 1 aromatic heterocycles. The fraction of sp³-hybridized carbons (Fsp3) is 0.167. The third-order valence-electron chi connectivity index (χ3n) is 2.67. The first-order valence-corrected chi connectivity index (χ1v) is 6.98. The van der Waals surface area contributed by atoms with Crippen LogP contribution in [0.3, 0.4) is 0 Å². The maximum Gasteiger partial charge on any atom is 0.256 e. The number of fused-ring (bicyclic) bond motifs is 1. The van der Waals surface area contributed by atoms with E-state index in [1.807, 2.05) is 12.1 Å². The van der Waals surface area contributed by atoms with Crippen LogP contribution < -0.4 is 10.9 Å². The van der Waals surface area contributed by atoms with Gasteiger partial charge in [0.1, 0.15) is 0 Å². The zero-order valence-electron chi connectivity index (χ0n) is 9.37. The molecule has 0 saturated carbocycles. The molecule has 1 aromatic carbocycles. The van der Waals surface area contributed by atoms with Crippen molar-refractivity contribution in [2.24, 2.45) is 0 Å². The van der Waals surface area contributed by atoms with E-state index in [9.17, 15) is 4.79 Å². The van der Waals surface area contributed by atoms with Gasteiger partial charge >= 0.3 is 0 Å². The highest BCUT2D eigenvalue weighted by molar-refractivity contribution is 7.98. The summed E-state index contributed by atoms with van der Waals surface area (Å²) in [4.78, 5) is 19.0. The van der Waals surface area contributed by atoms with Crippen LogP contribution in [-0.2, 0) is 11.5 Å². The number of hydrogen-bond acceptors (Lipinski definition) is 4. The van der Waals surface area contributed by atoms with Gasteiger partial charge in [0.15, 0.2) is 0 Å². The smallest absolute Gasteiger partial charge is 0.256 e. The lowest BCUT2D eigenvalue weighted by molar-refractivity contribution is 1.03. The lowest BCUT2D eigenvalue weighted by atomic mass is 10.3. The molecule has 3 rings (SSSR count). The Labute approximate surface area is 113 Å². The van der Waals surface area contributed by atoms with Gasteiger partial charge in [-0.2, -0.15) is 11.8 Å². The van der Waals surface area contributed by atoms with Gasteiger partial charge in [-0.25, -0.2) is 4.98 Å². The van der Waals surface area contributed by atoms with Gasteiger partial charge in [0.05, 0.1) is 5.69 Å². The highest BCUT2D eigenvalue weighted by atomic mass is 35.5. The van der Waals surface area contributed by atoms with E-state index in [-0.39, 0.29) is 5.56 Å². The number of anilines is 2. The standard InChI is InChI=1S/C12H10ClN3OS/c13-7-2-1-3-8(4-7)14-12-15-10-6-18-5-9(10)11(17)16-12/h1-4H,5-6H2,(H2,14,15,16,17). The molecule has 2 N–H and O–H groups in total. The maximum absolute atomic E-state index is 11.8. The number of aromatic amines is 1. The van der Waals surface area contributed by atoms with E-state index in [1.165, 1.54) is 0 Å². The van der Waals surface area contributed by atoms with Crippen LogP contribution in [0.25, 0.3) is 0 Å². The van der Waals surface area contributed by atoms with Crippen molar-refractivity contribution in [1.29, 1.82) is 0 Å². The number of H-pyrrole nitrogens is 1. The van der Waals surface area contributed by atoms with E-state index in [0.29, 0.717) is 11.0 Å². The number of halogens is 1. The van der Waals surface area contributed by atoms with Gasteiger partial charge < -0.3 is 5.32 Å². The average Bonchev–Trinajstić information content (AvgIpc) is 2.77. The highest BCUT2D eigenvalue weighted by Crippen LogP contribution is 2.26. The molecule has 0 fully saturated rings. The lowest BCUT2D eigenvalue weighted by Gasteiger charge is -2.06. The van der Waals surface area contributed by atoms with Gasteiger partial charge in [-0.05, 0) is 18.2 Å². The van der Waals surface area contributed by atoms with E-state index in [0.717, 1.165) is 28.5 Å². The molecular formula is C12H10ClN3OS. The molecule has 2 aromatic rings. The molecule has 1 aliphatic heterocycles. The second kappa shape index (κ2) is 4.66. The van der Waals surface area contributed by atoms with Crippen molar-refractivity contribution in [2.75, 3.05) is 5.32 Å². The minimum atomic E-state index is -0.0606. The van der Waals surface area contributed by atoms with Gasteiger partial charge in [0, 0.05) is 27.8 Å². The monoisotopic (exact) mass is 279 g/mol. The van der Waals surface area contributed by atoms with Crippen molar-refractivity contribution >= 4 is 35.0 Å². The SMILES string of the molecule is O=c1[nH]c(Nc2cccc(Cl)c2)nc2c1CSC2. The Balaban J connectivity index is 1.94. The Morgan fingerprint density at radius 2 is 2.28 bits per heavy atom. The lowest BCUT2D eigenvalue weighted by Crippen LogP contribution is -2.16. The number of hydrogen-bond donors (Lipinski definition) is 2. The Morgan fingerprint density at radius 3 is 3.11 bits per heavy atom. The molecule has 4 nitrogen and oxygen atoms in total. The van der Waals surface area contributed by atoms with E-state index >= 15 is 0 Å². The van der Waals surface area contributed by atoms with Crippen molar-refractivity contribution in [3.05, 3.63) is 50.9 Å². The summed E-state index contributed by atoms with van der Waals surface area (Å²) in [6.45, 7) is 0. The molecule has 0 saturated heterocycles. The van der Waals surface area contributed by atoms with Gasteiger partial charge in [-0.3, -0.25) is 9.78 Å². The van der Waals surface area contributed by atoms with Crippen LogP contribution in [0, 0.1) is 0 Å². The van der Waals surface area contributed by atoms with Gasteiger partial charge in [-0.1, -0.05) is 17.7 Å². The van der Waals surface area contributed by atoms with Crippen LogP contribution in [0.2, 0.25) is 5.02 Å². The largest absolute Gasteiger partial charge is 0.326 e. The van der Waals surface area contributed by atoms with Gasteiger partial charge in [-0.15, -0.1) is 0 Å². The Hall–Kier alpha value is -1.46. The minimum absolute atomic E-state index is 0.0606. The molecular weight excluding hydrogens is 270 g/mol. The molecule has 0 bridgehead atoms. The van der Waals surface area contributed by atoms with Crippen LogP contribution in [0.15, 0.2) is 29.1 Å². The quantitative estimate of drug-likeness (QED) is 0.887. The Kier molecular flexibility index (Phi) is 3.01.